The van der Waals surface area contributed by atoms with E-state index in [1.807, 2.05) is 11.9 Å². The average molecular weight is 422 g/mol. The maximum Gasteiger partial charge on any atom is 0.251 e. The van der Waals surface area contributed by atoms with Crippen molar-refractivity contribution < 1.29 is 18.3 Å². The predicted octanol–water partition coefficient (Wildman–Crippen LogP) is 0.817. The summed E-state index contributed by atoms with van der Waals surface area (Å²) >= 11 is 0. The highest BCUT2D eigenvalue weighted by atomic mass is 19.1. The molecule has 3 aliphatic heterocycles. The quantitative estimate of drug-likeness (QED) is 0.376. The fourth-order valence-corrected chi connectivity index (χ4v) is 4.62. The fourth-order valence-electron chi connectivity index (χ4n) is 4.62. The van der Waals surface area contributed by atoms with E-state index in [-0.39, 0.29) is 29.6 Å². The lowest BCUT2D eigenvalue weighted by Crippen LogP contribution is -2.50. The summed E-state index contributed by atoms with van der Waals surface area (Å²) in [5, 5.41) is 8.05. The highest BCUT2D eigenvalue weighted by Crippen LogP contribution is 2.34. The normalized spacial score (nSPS) is 32.7. The van der Waals surface area contributed by atoms with Gasteiger partial charge in [0.1, 0.15) is 24.0 Å². The zero-order valence-corrected chi connectivity index (χ0v) is 17.1. The Morgan fingerprint density at radius 1 is 1.37 bits per heavy atom. The van der Waals surface area contributed by atoms with Crippen molar-refractivity contribution in [2.75, 3.05) is 26.7 Å². The van der Waals surface area contributed by atoms with Crippen LogP contribution in [0.1, 0.15) is 25.0 Å². The summed E-state index contributed by atoms with van der Waals surface area (Å²) < 4.78 is 38.9. The third kappa shape index (κ3) is 3.92. The van der Waals surface area contributed by atoms with Crippen molar-refractivity contribution in [2.24, 2.45) is 16.5 Å². The molecular weight excluding hydrogens is 394 g/mol. The van der Waals surface area contributed by atoms with Gasteiger partial charge < -0.3 is 20.1 Å². The van der Waals surface area contributed by atoms with Gasteiger partial charge in [-0.3, -0.25) is 21.0 Å². The van der Waals surface area contributed by atoms with Crippen LogP contribution in [0.3, 0.4) is 0 Å². The van der Waals surface area contributed by atoms with E-state index in [2.05, 4.69) is 9.89 Å². The van der Waals surface area contributed by atoms with Crippen LogP contribution in [0.15, 0.2) is 23.2 Å². The fraction of sp³-hybridized carbons (Fsp3) is 0.600. The smallest absolute Gasteiger partial charge is 0.251 e. The van der Waals surface area contributed by atoms with Gasteiger partial charge in [-0.25, -0.2) is 8.78 Å². The minimum absolute atomic E-state index is 0.0172. The van der Waals surface area contributed by atoms with Gasteiger partial charge in [0.25, 0.3) is 5.90 Å². The molecule has 10 heteroatoms. The number of benzene rings is 1. The summed E-state index contributed by atoms with van der Waals surface area (Å²) in [4.78, 5) is 8.90. The lowest BCUT2D eigenvalue weighted by Gasteiger charge is -2.39. The number of fused-ring (bicyclic) bond motifs is 1. The number of amidine groups is 1. The minimum atomic E-state index is -0.665. The van der Waals surface area contributed by atoms with E-state index in [4.69, 9.17) is 26.4 Å². The Balaban J connectivity index is 1.39. The van der Waals surface area contributed by atoms with Crippen LogP contribution in [0.2, 0.25) is 0 Å². The minimum Gasteiger partial charge on any atom is -0.457 e. The number of nitrogens with one attached hydrogen (secondary N) is 1. The van der Waals surface area contributed by atoms with Gasteiger partial charge in [-0.1, -0.05) is 0 Å². The first-order chi connectivity index (χ1) is 14.2. The summed E-state index contributed by atoms with van der Waals surface area (Å²) in [5.41, 5.74) is 12.1. The molecule has 0 radical (unpaired) electrons. The van der Waals surface area contributed by atoms with Gasteiger partial charge in [0.2, 0.25) is 0 Å². The van der Waals surface area contributed by atoms with E-state index < -0.39 is 30.0 Å². The van der Waals surface area contributed by atoms with E-state index >= 15 is 0 Å². The van der Waals surface area contributed by atoms with Crippen LogP contribution >= 0.6 is 0 Å². The Morgan fingerprint density at radius 3 is 2.80 bits per heavy atom. The van der Waals surface area contributed by atoms with Crippen LogP contribution in [-0.4, -0.2) is 78.7 Å². The molecule has 164 valence electrons. The molecular formula is C20H28F2N6O2. The third-order valence-corrected chi connectivity index (χ3v) is 6.10. The Labute approximate surface area is 174 Å². The first kappa shape index (κ1) is 21.1. The van der Waals surface area contributed by atoms with Crippen molar-refractivity contribution in [3.05, 3.63) is 35.4 Å². The lowest BCUT2D eigenvalue weighted by molar-refractivity contribution is -0.0479. The summed E-state index contributed by atoms with van der Waals surface area (Å²) in [6.07, 6.45) is -0.617. The van der Waals surface area contributed by atoms with Crippen molar-refractivity contribution in [3.63, 3.8) is 0 Å². The summed E-state index contributed by atoms with van der Waals surface area (Å²) in [6, 6.07) is 3.14. The van der Waals surface area contributed by atoms with Crippen LogP contribution in [0.4, 0.5) is 8.78 Å². The molecule has 0 bridgehead atoms. The molecule has 2 fully saturated rings. The third-order valence-electron chi connectivity index (χ3n) is 6.10. The highest BCUT2D eigenvalue weighted by Gasteiger charge is 2.46. The van der Waals surface area contributed by atoms with E-state index in [0.717, 1.165) is 24.7 Å². The molecule has 0 spiro atoms. The largest absolute Gasteiger partial charge is 0.457 e. The highest BCUT2D eigenvalue weighted by molar-refractivity contribution is 6.37. The first-order valence-electron chi connectivity index (χ1n) is 10.1. The zero-order valence-electron chi connectivity index (χ0n) is 17.1. The van der Waals surface area contributed by atoms with Crippen molar-refractivity contribution in [3.8, 4) is 0 Å². The van der Waals surface area contributed by atoms with E-state index in [0.29, 0.717) is 25.4 Å². The topological polar surface area (TPSA) is 113 Å². The van der Waals surface area contributed by atoms with Crippen molar-refractivity contribution in [1.82, 2.24) is 9.80 Å². The zero-order chi connectivity index (χ0) is 21.6. The number of nitrogens with two attached hydrogens (primary N) is 2. The monoisotopic (exact) mass is 422 g/mol. The van der Waals surface area contributed by atoms with Crippen molar-refractivity contribution >= 4 is 11.7 Å². The van der Waals surface area contributed by atoms with Crippen LogP contribution in [0, 0.1) is 17.0 Å². The molecule has 2 saturated heterocycles. The standard InChI is InChI=1S/C20H28F2N6O2/c1-10(23)30-19(25)20-26-16-7-28(8-17(16)27(20)2)12-6-15(24)18(29-9-12)13-5-11(21)3-4-14(13)22/h3-5,10,12,15-18,25H,6-9,23-24H2,1-2H3/t10?,12?,15?,16?,17?,18-/m1/s1. The van der Waals surface area contributed by atoms with E-state index in [9.17, 15) is 8.78 Å². The molecule has 0 amide bonds. The molecule has 0 aliphatic carbocycles. The number of hydrogen-bond acceptors (Lipinski definition) is 8. The molecule has 5 N–H and O–H groups in total. The SMILES string of the molecule is CC(N)OC(=N)C1=NC2CN(C3CO[C@H](c4cc(F)ccc4F)C(N)C3)CC2N1C. The number of nitrogens with zero attached hydrogens (tertiary/aromatic N) is 3. The number of aliphatic imine (C=N–C) groups is 1. The van der Waals surface area contributed by atoms with Gasteiger partial charge in [-0.15, -0.1) is 0 Å². The molecule has 3 heterocycles. The predicted molar refractivity (Wildman–Crippen MR) is 108 cm³/mol. The molecule has 8 nitrogen and oxygen atoms in total. The first-order valence-corrected chi connectivity index (χ1v) is 10.1. The Kier molecular flexibility index (Phi) is 5.75. The number of rotatable bonds is 4. The molecule has 0 aromatic heterocycles. The number of ether oxygens (including phenoxy) is 2. The molecule has 6 atom stereocenters. The van der Waals surface area contributed by atoms with Crippen molar-refractivity contribution in [2.45, 2.75) is 49.8 Å². The Morgan fingerprint density at radius 2 is 2.13 bits per heavy atom. The maximum absolute atomic E-state index is 14.1. The molecule has 0 saturated carbocycles. The van der Waals surface area contributed by atoms with Crippen LogP contribution < -0.4 is 11.5 Å². The number of halogens is 2. The van der Waals surface area contributed by atoms with Gasteiger partial charge in [0.15, 0.2) is 5.84 Å². The summed E-state index contributed by atoms with van der Waals surface area (Å²) in [6.45, 7) is 3.52. The second-order valence-corrected chi connectivity index (χ2v) is 8.28. The maximum atomic E-state index is 14.1. The molecule has 5 unspecified atom stereocenters. The van der Waals surface area contributed by atoms with Gasteiger partial charge in [-0.05, 0) is 31.5 Å². The van der Waals surface area contributed by atoms with Gasteiger partial charge in [0.05, 0.1) is 18.7 Å². The molecule has 4 rings (SSSR count). The lowest BCUT2D eigenvalue weighted by atomic mass is 9.93. The Hall–Kier alpha value is -2.14. The second-order valence-electron chi connectivity index (χ2n) is 8.28. The van der Waals surface area contributed by atoms with Gasteiger partial charge in [-0.2, -0.15) is 0 Å². The van der Waals surface area contributed by atoms with Crippen LogP contribution in [0.25, 0.3) is 0 Å². The summed E-state index contributed by atoms with van der Waals surface area (Å²) in [5.74, 6) is -0.519. The second kappa shape index (κ2) is 8.18. The number of likely N-dealkylation sites (tertiary alicyclic amines) is 1. The molecule has 1 aromatic rings. The number of likely N-dealkylation sites (N-methyl/N-ethyl adjacent to an activating group) is 1. The van der Waals surface area contributed by atoms with Crippen molar-refractivity contribution in [1.29, 1.82) is 5.41 Å². The van der Waals surface area contributed by atoms with E-state index in [1.54, 1.807) is 6.92 Å². The molecule has 1 aromatic carbocycles. The van der Waals surface area contributed by atoms with E-state index in [1.165, 1.54) is 0 Å². The number of hydrogen-bond donors (Lipinski definition) is 3. The average Bonchev–Trinajstić information content (AvgIpc) is 3.23. The van der Waals surface area contributed by atoms with Crippen LogP contribution in [-0.2, 0) is 9.47 Å². The van der Waals surface area contributed by atoms with Crippen LogP contribution in [0.5, 0.6) is 0 Å². The molecule has 3 aliphatic rings. The Bertz CT molecular complexity index is 851. The van der Waals surface area contributed by atoms with Gasteiger partial charge in [0, 0.05) is 37.8 Å². The van der Waals surface area contributed by atoms with Gasteiger partial charge >= 0.3 is 0 Å². The molecule has 30 heavy (non-hydrogen) atoms. The summed E-state index contributed by atoms with van der Waals surface area (Å²) in [7, 11) is 1.90.